The number of carbonyl (C=O) groups is 1. The van der Waals surface area contributed by atoms with Crippen LogP contribution in [0.2, 0.25) is 0 Å². The molecule has 1 saturated heterocycles. The van der Waals surface area contributed by atoms with Gasteiger partial charge in [0, 0.05) is 45.4 Å². The van der Waals surface area contributed by atoms with E-state index in [-0.39, 0.29) is 16.7 Å². The Labute approximate surface area is 176 Å². The Morgan fingerprint density at radius 1 is 1.17 bits per heavy atom. The van der Waals surface area contributed by atoms with Gasteiger partial charge in [0.05, 0.1) is 12.2 Å². The van der Waals surface area contributed by atoms with Gasteiger partial charge in [0.1, 0.15) is 0 Å². The Balaban J connectivity index is 1.76. The minimum atomic E-state index is -0.597. The van der Waals surface area contributed by atoms with Gasteiger partial charge >= 0.3 is 0 Å². The minimum Gasteiger partial charge on any atom is -0.390 e. The van der Waals surface area contributed by atoms with Crippen LogP contribution in [0.4, 0.5) is 0 Å². The fourth-order valence-electron chi connectivity index (χ4n) is 6.34. The second kappa shape index (κ2) is 9.21. The summed E-state index contributed by atoms with van der Waals surface area (Å²) in [5, 5.41) is 17.9. The number of amides is 1. The van der Waals surface area contributed by atoms with E-state index in [4.69, 9.17) is 9.47 Å². The van der Waals surface area contributed by atoms with Crippen LogP contribution in [0.5, 0.6) is 0 Å². The SMILES string of the molecule is COCCNC(=O)CCC12CCC(C)(O)CC1C(C)(C)CC2NC1CCOCC1. The van der Waals surface area contributed by atoms with Gasteiger partial charge < -0.3 is 25.2 Å². The van der Waals surface area contributed by atoms with E-state index in [2.05, 4.69) is 24.5 Å². The molecule has 29 heavy (non-hydrogen) atoms. The van der Waals surface area contributed by atoms with Crippen molar-refractivity contribution in [2.24, 2.45) is 16.7 Å². The first-order valence-corrected chi connectivity index (χ1v) is 11.5. The lowest BCUT2D eigenvalue weighted by molar-refractivity contribution is -0.123. The molecule has 0 spiro atoms. The largest absolute Gasteiger partial charge is 0.390 e. The summed E-state index contributed by atoms with van der Waals surface area (Å²) >= 11 is 0. The van der Waals surface area contributed by atoms with E-state index >= 15 is 0 Å². The van der Waals surface area contributed by atoms with Crippen molar-refractivity contribution >= 4 is 5.91 Å². The second-order valence-electron chi connectivity index (χ2n) is 10.6. The molecule has 3 rings (SSSR count). The van der Waals surface area contributed by atoms with Crippen molar-refractivity contribution in [3.63, 3.8) is 0 Å². The van der Waals surface area contributed by atoms with Crippen molar-refractivity contribution in [1.29, 1.82) is 0 Å². The monoisotopic (exact) mass is 410 g/mol. The van der Waals surface area contributed by atoms with Gasteiger partial charge in [0.2, 0.25) is 5.91 Å². The lowest BCUT2D eigenvalue weighted by Gasteiger charge is -2.51. The highest BCUT2D eigenvalue weighted by Crippen LogP contribution is 2.64. The van der Waals surface area contributed by atoms with Gasteiger partial charge in [-0.05, 0) is 68.6 Å². The van der Waals surface area contributed by atoms with Crippen molar-refractivity contribution in [2.75, 3.05) is 33.5 Å². The number of nitrogens with one attached hydrogen (secondary N) is 2. The van der Waals surface area contributed by atoms with Gasteiger partial charge in [0.15, 0.2) is 0 Å². The highest BCUT2D eigenvalue weighted by molar-refractivity contribution is 5.75. The van der Waals surface area contributed by atoms with Gasteiger partial charge in [-0.25, -0.2) is 0 Å². The van der Waals surface area contributed by atoms with Crippen LogP contribution >= 0.6 is 0 Å². The molecule has 1 aliphatic heterocycles. The van der Waals surface area contributed by atoms with Crippen molar-refractivity contribution < 1.29 is 19.4 Å². The normalized spacial score (nSPS) is 37.3. The number of fused-ring (bicyclic) bond motifs is 1. The number of rotatable bonds is 8. The zero-order chi connectivity index (χ0) is 21.1. The number of methoxy groups -OCH3 is 1. The second-order valence-corrected chi connectivity index (χ2v) is 10.6. The number of ether oxygens (including phenoxy) is 2. The Morgan fingerprint density at radius 3 is 2.59 bits per heavy atom. The van der Waals surface area contributed by atoms with Crippen LogP contribution in [0, 0.1) is 16.7 Å². The first-order valence-electron chi connectivity index (χ1n) is 11.5. The molecule has 6 nitrogen and oxygen atoms in total. The first-order chi connectivity index (χ1) is 13.7. The maximum atomic E-state index is 12.5. The van der Waals surface area contributed by atoms with Crippen molar-refractivity contribution in [3.05, 3.63) is 0 Å². The summed E-state index contributed by atoms with van der Waals surface area (Å²) in [5.74, 6) is 0.532. The van der Waals surface area contributed by atoms with Gasteiger partial charge in [0.25, 0.3) is 0 Å². The molecule has 2 saturated carbocycles. The fourth-order valence-corrected chi connectivity index (χ4v) is 6.34. The van der Waals surface area contributed by atoms with Crippen LogP contribution in [0.25, 0.3) is 0 Å². The molecule has 4 atom stereocenters. The molecule has 2 aliphatic carbocycles. The molecule has 3 aliphatic rings. The van der Waals surface area contributed by atoms with Crippen LogP contribution in [-0.2, 0) is 14.3 Å². The predicted molar refractivity (Wildman–Crippen MR) is 114 cm³/mol. The van der Waals surface area contributed by atoms with E-state index in [0.29, 0.717) is 37.6 Å². The quantitative estimate of drug-likeness (QED) is 0.536. The van der Waals surface area contributed by atoms with E-state index < -0.39 is 5.60 Å². The summed E-state index contributed by atoms with van der Waals surface area (Å²) in [7, 11) is 1.65. The third-order valence-corrected chi connectivity index (χ3v) is 7.94. The van der Waals surface area contributed by atoms with Crippen molar-refractivity contribution in [3.8, 4) is 0 Å². The standard InChI is InChI=1S/C23H42N2O4/c1-21(2)16-19(25-17-6-12-29-13-7-17)23(8-5-20(26)24-11-14-28-4)10-9-22(3,27)15-18(21)23/h17-19,25,27H,5-16H2,1-4H3,(H,24,26). The molecule has 6 heteroatoms. The molecule has 0 aromatic carbocycles. The lowest BCUT2D eigenvalue weighted by Crippen LogP contribution is -2.54. The summed E-state index contributed by atoms with van der Waals surface area (Å²) in [4.78, 5) is 12.5. The molecule has 0 bridgehead atoms. The van der Waals surface area contributed by atoms with E-state index in [1.807, 2.05) is 6.92 Å². The maximum absolute atomic E-state index is 12.5. The molecule has 0 radical (unpaired) electrons. The lowest BCUT2D eigenvalue weighted by atomic mass is 9.57. The Hall–Kier alpha value is -0.690. The molecule has 3 fully saturated rings. The van der Waals surface area contributed by atoms with Crippen LogP contribution in [0.3, 0.4) is 0 Å². The van der Waals surface area contributed by atoms with Gasteiger partial charge in [-0.3, -0.25) is 4.79 Å². The maximum Gasteiger partial charge on any atom is 0.220 e. The Bertz CT molecular complexity index is 559. The van der Waals surface area contributed by atoms with Crippen molar-refractivity contribution in [2.45, 2.75) is 89.8 Å². The smallest absolute Gasteiger partial charge is 0.220 e. The predicted octanol–water partition coefficient (Wildman–Crippen LogP) is 2.63. The van der Waals surface area contributed by atoms with Crippen LogP contribution in [0.15, 0.2) is 0 Å². The third kappa shape index (κ3) is 5.33. The average Bonchev–Trinajstić information content (AvgIpc) is 2.87. The zero-order valence-electron chi connectivity index (χ0n) is 18.9. The van der Waals surface area contributed by atoms with Crippen LogP contribution < -0.4 is 10.6 Å². The summed E-state index contributed by atoms with van der Waals surface area (Å²) in [5.41, 5.74) is -0.373. The molecule has 4 unspecified atom stereocenters. The first kappa shape index (κ1) is 23.0. The Morgan fingerprint density at radius 2 is 1.90 bits per heavy atom. The van der Waals surface area contributed by atoms with Crippen LogP contribution in [-0.4, -0.2) is 62.2 Å². The van der Waals surface area contributed by atoms with E-state index in [9.17, 15) is 9.90 Å². The molecule has 3 N–H and O–H groups in total. The van der Waals surface area contributed by atoms with Gasteiger partial charge in [-0.1, -0.05) is 13.8 Å². The molecular weight excluding hydrogens is 368 g/mol. The van der Waals surface area contributed by atoms with Crippen LogP contribution in [0.1, 0.15) is 72.1 Å². The summed E-state index contributed by atoms with van der Waals surface area (Å²) in [6.45, 7) is 9.49. The van der Waals surface area contributed by atoms with E-state index in [1.54, 1.807) is 7.11 Å². The number of hydrogen-bond acceptors (Lipinski definition) is 5. The van der Waals surface area contributed by atoms with E-state index in [0.717, 1.165) is 58.2 Å². The third-order valence-electron chi connectivity index (χ3n) is 7.94. The summed E-state index contributed by atoms with van der Waals surface area (Å²) < 4.78 is 10.6. The minimum absolute atomic E-state index is 0.0721. The Kier molecular flexibility index (Phi) is 7.30. The molecule has 0 aromatic heterocycles. The molecule has 1 heterocycles. The zero-order valence-corrected chi connectivity index (χ0v) is 18.9. The van der Waals surface area contributed by atoms with E-state index in [1.165, 1.54) is 0 Å². The molecular formula is C23H42N2O4. The highest BCUT2D eigenvalue weighted by Gasteiger charge is 2.61. The van der Waals surface area contributed by atoms with Gasteiger partial charge in [-0.15, -0.1) is 0 Å². The summed E-state index contributed by atoms with van der Waals surface area (Å²) in [6, 6.07) is 0.895. The molecule has 0 aromatic rings. The number of aliphatic hydroxyl groups is 1. The molecule has 1 amide bonds. The van der Waals surface area contributed by atoms with Crippen molar-refractivity contribution in [1.82, 2.24) is 10.6 Å². The average molecular weight is 411 g/mol. The summed E-state index contributed by atoms with van der Waals surface area (Å²) in [6.07, 6.45) is 7.30. The fraction of sp³-hybridized carbons (Fsp3) is 0.957. The number of carbonyl (C=O) groups excluding carboxylic acids is 1. The topological polar surface area (TPSA) is 79.8 Å². The highest BCUT2D eigenvalue weighted by atomic mass is 16.5. The number of hydrogen-bond donors (Lipinski definition) is 3. The van der Waals surface area contributed by atoms with Gasteiger partial charge in [-0.2, -0.15) is 0 Å². The molecule has 168 valence electrons.